The van der Waals surface area contributed by atoms with Gasteiger partial charge in [-0.25, -0.2) is 0 Å². The van der Waals surface area contributed by atoms with Gasteiger partial charge in [-0.15, -0.1) is 11.3 Å². The van der Waals surface area contributed by atoms with Gasteiger partial charge in [-0.05, 0) is 24.0 Å². The average molecular weight is 192 g/mol. The summed E-state index contributed by atoms with van der Waals surface area (Å²) >= 11 is 2.08. The maximum Gasteiger partial charge on any atom is 0.0143 e. The predicted octanol–water partition coefficient (Wildman–Crippen LogP) is 3.42. The number of fused-ring (bicyclic) bond motifs is 3. The van der Waals surface area contributed by atoms with Crippen molar-refractivity contribution in [2.45, 2.75) is 51.4 Å². The Kier molecular flexibility index (Phi) is 1.16. The second-order valence-corrected chi connectivity index (χ2v) is 6.86. The van der Waals surface area contributed by atoms with Crippen molar-refractivity contribution in [3.63, 3.8) is 0 Å². The van der Waals surface area contributed by atoms with Gasteiger partial charge in [0.25, 0.3) is 0 Å². The van der Waals surface area contributed by atoms with Gasteiger partial charge in [0.2, 0.25) is 0 Å². The van der Waals surface area contributed by atoms with E-state index in [9.17, 15) is 0 Å². The summed E-state index contributed by atoms with van der Waals surface area (Å²) in [4.78, 5) is 3.37. The fraction of sp³-hybridized carbons (Fsp3) is 0.667. The lowest BCUT2D eigenvalue weighted by Gasteiger charge is -2.38. The molecule has 0 nitrogen and oxygen atoms in total. The van der Waals surface area contributed by atoms with E-state index in [1.807, 2.05) is 0 Å². The van der Waals surface area contributed by atoms with Crippen LogP contribution in [0.3, 0.4) is 0 Å². The summed E-state index contributed by atoms with van der Waals surface area (Å²) in [7, 11) is 0. The van der Waals surface area contributed by atoms with E-state index in [0.717, 1.165) is 0 Å². The maximum atomic E-state index is 2.37. The van der Waals surface area contributed by atoms with Gasteiger partial charge in [0.1, 0.15) is 0 Å². The van der Waals surface area contributed by atoms with E-state index < -0.39 is 0 Å². The number of rotatable bonds is 0. The highest BCUT2D eigenvalue weighted by atomic mass is 32.1. The molecule has 0 bridgehead atoms. The van der Waals surface area contributed by atoms with Crippen LogP contribution in [0.1, 0.15) is 48.6 Å². The van der Waals surface area contributed by atoms with Crippen molar-refractivity contribution in [2.75, 3.05) is 0 Å². The second kappa shape index (κ2) is 1.88. The van der Waals surface area contributed by atoms with E-state index in [0.29, 0.717) is 10.8 Å². The van der Waals surface area contributed by atoms with E-state index >= 15 is 0 Å². The quantitative estimate of drug-likeness (QED) is 0.591. The van der Waals surface area contributed by atoms with Crippen LogP contribution in [-0.2, 0) is 23.7 Å². The summed E-state index contributed by atoms with van der Waals surface area (Å²) in [6.45, 7) is 9.49. The second-order valence-electron chi connectivity index (χ2n) is 5.84. The van der Waals surface area contributed by atoms with Crippen molar-refractivity contribution in [1.82, 2.24) is 0 Å². The molecule has 0 spiro atoms. The molecular weight excluding hydrogens is 176 g/mol. The Hall–Kier alpha value is -0.300. The van der Waals surface area contributed by atoms with Crippen LogP contribution in [0.25, 0.3) is 0 Å². The minimum absolute atomic E-state index is 0.493. The number of hydrogen-bond acceptors (Lipinski definition) is 1. The summed E-state index contributed by atoms with van der Waals surface area (Å²) < 4.78 is 0. The molecule has 0 radical (unpaired) electrons. The first kappa shape index (κ1) is 8.05. The Bertz CT molecular complexity index is 357. The third-order valence-electron chi connectivity index (χ3n) is 3.58. The molecule has 1 heteroatoms. The molecule has 0 atom stereocenters. The van der Waals surface area contributed by atoms with Crippen molar-refractivity contribution in [3.05, 3.63) is 20.9 Å². The van der Waals surface area contributed by atoms with Crippen LogP contribution in [0.15, 0.2) is 0 Å². The molecule has 1 aromatic heterocycles. The Balaban J connectivity index is 2.17. The largest absolute Gasteiger partial charge is 0.144 e. The SMILES string of the molecule is CC1(C)Cc2c1sc1c2CC1(C)C. The van der Waals surface area contributed by atoms with E-state index in [2.05, 4.69) is 39.0 Å². The third-order valence-corrected chi connectivity index (χ3v) is 5.59. The first-order chi connectivity index (χ1) is 5.92. The minimum atomic E-state index is 0.493. The van der Waals surface area contributed by atoms with Crippen molar-refractivity contribution < 1.29 is 0 Å². The van der Waals surface area contributed by atoms with Gasteiger partial charge in [-0.1, -0.05) is 27.7 Å². The highest BCUT2D eigenvalue weighted by molar-refractivity contribution is 7.13. The molecule has 2 aliphatic carbocycles. The zero-order valence-electron chi connectivity index (χ0n) is 8.82. The van der Waals surface area contributed by atoms with Crippen LogP contribution in [0.5, 0.6) is 0 Å². The van der Waals surface area contributed by atoms with Gasteiger partial charge < -0.3 is 0 Å². The summed E-state index contributed by atoms with van der Waals surface area (Å²) in [5.41, 5.74) is 4.41. The minimum Gasteiger partial charge on any atom is -0.144 e. The molecule has 0 saturated carbocycles. The van der Waals surface area contributed by atoms with Gasteiger partial charge in [0.05, 0.1) is 0 Å². The molecule has 13 heavy (non-hydrogen) atoms. The Labute approximate surface area is 84.0 Å². The molecule has 3 rings (SSSR count). The van der Waals surface area contributed by atoms with Gasteiger partial charge in [-0.3, -0.25) is 0 Å². The van der Waals surface area contributed by atoms with Crippen LogP contribution in [-0.4, -0.2) is 0 Å². The highest BCUT2D eigenvalue weighted by Crippen LogP contribution is 2.57. The molecule has 0 aliphatic heterocycles. The molecule has 0 N–H and O–H groups in total. The summed E-state index contributed by atoms with van der Waals surface area (Å²) in [5.74, 6) is 0. The van der Waals surface area contributed by atoms with Crippen molar-refractivity contribution in [2.24, 2.45) is 0 Å². The Morgan fingerprint density at radius 1 is 0.846 bits per heavy atom. The van der Waals surface area contributed by atoms with Gasteiger partial charge in [0.15, 0.2) is 0 Å². The smallest absolute Gasteiger partial charge is 0.0143 e. The van der Waals surface area contributed by atoms with E-state index in [-0.39, 0.29) is 0 Å². The molecule has 0 unspecified atom stereocenters. The van der Waals surface area contributed by atoms with Crippen LogP contribution in [0.2, 0.25) is 0 Å². The van der Waals surface area contributed by atoms with Crippen molar-refractivity contribution >= 4 is 11.3 Å². The Morgan fingerprint density at radius 3 is 1.54 bits per heavy atom. The standard InChI is InChI=1S/C12H16S/c1-11(2)5-7-8-6-12(3,4)10(8)13-9(7)11/h5-6H2,1-4H3. The highest BCUT2D eigenvalue weighted by Gasteiger charge is 2.47. The normalized spacial score (nSPS) is 25.5. The monoisotopic (exact) mass is 192 g/mol. The fourth-order valence-electron chi connectivity index (χ4n) is 2.80. The lowest BCUT2D eigenvalue weighted by Crippen LogP contribution is -2.34. The van der Waals surface area contributed by atoms with E-state index in [1.54, 1.807) is 20.9 Å². The van der Waals surface area contributed by atoms with Crippen LogP contribution >= 0.6 is 11.3 Å². The van der Waals surface area contributed by atoms with Gasteiger partial charge in [-0.2, -0.15) is 0 Å². The summed E-state index contributed by atoms with van der Waals surface area (Å²) in [6.07, 6.45) is 2.65. The molecule has 1 heterocycles. The molecule has 70 valence electrons. The predicted molar refractivity (Wildman–Crippen MR) is 57.8 cm³/mol. The van der Waals surface area contributed by atoms with Crippen LogP contribution in [0, 0.1) is 0 Å². The molecule has 0 aromatic carbocycles. The first-order valence-electron chi connectivity index (χ1n) is 5.07. The van der Waals surface area contributed by atoms with Gasteiger partial charge >= 0.3 is 0 Å². The fourth-order valence-corrected chi connectivity index (χ4v) is 4.34. The molecule has 0 saturated heterocycles. The summed E-state index contributed by atoms with van der Waals surface area (Å²) in [5, 5.41) is 0. The topological polar surface area (TPSA) is 0 Å². The van der Waals surface area contributed by atoms with Crippen LogP contribution < -0.4 is 0 Å². The zero-order valence-corrected chi connectivity index (χ0v) is 9.64. The molecule has 2 aliphatic rings. The van der Waals surface area contributed by atoms with Crippen molar-refractivity contribution in [3.8, 4) is 0 Å². The zero-order chi connectivity index (χ0) is 9.43. The van der Waals surface area contributed by atoms with Crippen LogP contribution in [0.4, 0.5) is 0 Å². The van der Waals surface area contributed by atoms with Gasteiger partial charge in [0, 0.05) is 20.6 Å². The molecule has 0 fully saturated rings. The molecule has 1 aromatic rings. The average Bonchev–Trinajstić information content (AvgIpc) is 2.21. The lowest BCUT2D eigenvalue weighted by molar-refractivity contribution is 0.435. The van der Waals surface area contributed by atoms with E-state index in [1.165, 1.54) is 12.8 Å². The third kappa shape index (κ3) is 0.775. The van der Waals surface area contributed by atoms with Crippen molar-refractivity contribution in [1.29, 1.82) is 0 Å². The Morgan fingerprint density at radius 2 is 1.23 bits per heavy atom. The summed E-state index contributed by atoms with van der Waals surface area (Å²) in [6, 6.07) is 0. The first-order valence-corrected chi connectivity index (χ1v) is 5.89. The lowest BCUT2D eigenvalue weighted by atomic mass is 9.64. The molecular formula is C12H16S. The molecule has 0 amide bonds. The van der Waals surface area contributed by atoms with E-state index in [4.69, 9.17) is 0 Å². The number of thiophene rings is 1. The maximum absolute atomic E-state index is 2.37. The number of hydrogen-bond donors (Lipinski definition) is 0.